The number of hydrogen-bond acceptors (Lipinski definition) is 3. The molecule has 2 aromatic rings. The third-order valence-corrected chi connectivity index (χ3v) is 4.99. The molecule has 0 saturated heterocycles. The smallest absolute Gasteiger partial charge is 0.131 e. The van der Waals surface area contributed by atoms with E-state index in [1.54, 1.807) is 33.5 Å². The molecular formula is C24H33FO3. The molecule has 0 N–H and O–H groups in total. The van der Waals surface area contributed by atoms with Crippen molar-refractivity contribution in [3.63, 3.8) is 0 Å². The average Bonchev–Trinajstić information content (AvgIpc) is 2.62. The molecule has 0 aromatic heterocycles. The van der Waals surface area contributed by atoms with Gasteiger partial charge in [-0.15, -0.1) is 0 Å². The molecule has 3 nitrogen and oxygen atoms in total. The molecule has 0 radical (unpaired) electrons. The van der Waals surface area contributed by atoms with Gasteiger partial charge < -0.3 is 14.2 Å². The highest BCUT2D eigenvalue weighted by Crippen LogP contribution is 2.40. The molecule has 4 heteroatoms. The predicted molar refractivity (Wildman–Crippen MR) is 112 cm³/mol. The van der Waals surface area contributed by atoms with Crippen LogP contribution < -0.4 is 4.74 Å². The van der Waals surface area contributed by atoms with Gasteiger partial charge in [0, 0.05) is 19.8 Å². The van der Waals surface area contributed by atoms with E-state index in [0.29, 0.717) is 11.3 Å². The second-order valence-electron chi connectivity index (χ2n) is 8.93. The second-order valence-corrected chi connectivity index (χ2v) is 8.93. The molecule has 154 valence electrons. The Morgan fingerprint density at radius 3 is 2.11 bits per heavy atom. The van der Waals surface area contributed by atoms with Gasteiger partial charge in [-0.05, 0) is 60.6 Å². The summed E-state index contributed by atoms with van der Waals surface area (Å²) in [4.78, 5) is 0. The van der Waals surface area contributed by atoms with Gasteiger partial charge in [0.05, 0.1) is 12.7 Å². The van der Waals surface area contributed by atoms with Gasteiger partial charge in [0.25, 0.3) is 0 Å². The summed E-state index contributed by atoms with van der Waals surface area (Å²) in [5.41, 5.74) is 2.92. The highest BCUT2D eigenvalue weighted by atomic mass is 19.1. The summed E-state index contributed by atoms with van der Waals surface area (Å²) in [5, 5.41) is 0. The Morgan fingerprint density at radius 2 is 1.57 bits per heavy atom. The summed E-state index contributed by atoms with van der Waals surface area (Å²) < 4.78 is 31.6. The number of halogens is 1. The number of hydrogen-bond donors (Lipinski definition) is 0. The zero-order chi connectivity index (χ0) is 21.1. The molecule has 0 unspecified atom stereocenters. The van der Waals surface area contributed by atoms with E-state index in [0.717, 1.165) is 17.5 Å². The summed E-state index contributed by atoms with van der Waals surface area (Å²) in [6, 6.07) is 10.9. The van der Waals surface area contributed by atoms with Crippen molar-refractivity contribution in [1.29, 1.82) is 0 Å². The summed E-state index contributed by atoms with van der Waals surface area (Å²) in [6.07, 6.45) is 0.545. The van der Waals surface area contributed by atoms with Crippen molar-refractivity contribution < 1.29 is 18.6 Å². The molecule has 0 fully saturated rings. The first-order chi connectivity index (χ1) is 13.0. The van der Waals surface area contributed by atoms with Crippen LogP contribution in [0.1, 0.15) is 51.8 Å². The molecule has 2 aromatic carbocycles. The lowest BCUT2D eigenvalue weighted by atomic mass is 9.83. The number of ether oxygens (including phenoxy) is 3. The maximum absolute atomic E-state index is 14.8. The van der Waals surface area contributed by atoms with E-state index in [-0.39, 0.29) is 17.3 Å². The van der Waals surface area contributed by atoms with Crippen LogP contribution in [0.3, 0.4) is 0 Å². The molecular weight excluding hydrogens is 355 g/mol. The number of benzene rings is 2. The molecule has 2 rings (SSSR count). The van der Waals surface area contributed by atoms with Gasteiger partial charge in [0.1, 0.15) is 17.7 Å². The fraction of sp³-hybridized carbons (Fsp3) is 0.500. The van der Waals surface area contributed by atoms with Crippen molar-refractivity contribution >= 4 is 0 Å². The molecule has 0 spiro atoms. The lowest BCUT2D eigenvalue weighted by Gasteiger charge is -2.34. The minimum absolute atomic E-state index is 0.138. The Balaban J connectivity index is 2.71. The van der Waals surface area contributed by atoms with Crippen LogP contribution in [0.5, 0.6) is 5.75 Å². The van der Waals surface area contributed by atoms with Crippen molar-refractivity contribution in [3.05, 3.63) is 53.3 Å². The fourth-order valence-electron chi connectivity index (χ4n) is 3.53. The Morgan fingerprint density at radius 1 is 0.893 bits per heavy atom. The predicted octanol–water partition coefficient (Wildman–Crippen LogP) is 6.20. The van der Waals surface area contributed by atoms with E-state index >= 15 is 0 Å². The van der Waals surface area contributed by atoms with E-state index in [1.165, 1.54) is 11.6 Å². The Labute approximate surface area is 168 Å². The SMILES string of the molecule is COc1ccc(F)c(-c2ccc(CC(C)(C)C)cc2[C@@H](OC)C(C)(C)OC)c1. The molecule has 1 atom stereocenters. The topological polar surface area (TPSA) is 27.7 Å². The minimum atomic E-state index is -0.584. The van der Waals surface area contributed by atoms with Crippen LogP contribution in [0.25, 0.3) is 11.1 Å². The van der Waals surface area contributed by atoms with Gasteiger partial charge in [-0.1, -0.05) is 39.0 Å². The standard InChI is InChI=1S/C24H33FO3/c1-23(2,3)15-16-9-11-18(19-14-17(26-6)10-12-21(19)25)20(13-16)22(27-7)24(4,5)28-8/h9-14,22H,15H2,1-8H3/t22-/m1/s1. The van der Waals surface area contributed by atoms with Crippen molar-refractivity contribution in [2.45, 2.75) is 52.7 Å². The van der Waals surface area contributed by atoms with Gasteiger partial charge in [0.2, 0.25) is 0 Å². The van der Waals surface area contributed by atoms with Crippen molar-refractivity contribution in [2.75, 3.05) is 21.3 Å². The fourth-order valence-corrected chi connectivity index (χ4v) is 3.53. The number of rotatable bonds is 7. The molecule has 28 heavy (non-hydrogen) atoms. The first-order valence-electron chi connectivity index (χ1n) is 9.57. The van der Waals surface area contributed by atoms with Crippen molar-refractivity contribution in [2.24, 2.45) is 5.41 Å². The highest BCUT2D eigenvalue weighted by Gasteiger charge is 2.33. The van der Waals surface area contributed by atoms with Crippen molar-refractivity contribution in [1.82, 2.24) is 0 Å². The van der Waals surface area contributed by atoms with Crippen LogP contribution in [-0.4, -0.2) is 26.9 Å². The molecule has 0 aliphatic heterocycles. The Bertz CT molecular complexity index is 806. The third kappa shape index (κ3) is 5.12. The Hall–Kier alpha value is -1.91. The first-order valence-corrected chi connectivity index (χ1v) is 9.57. The molecule has 0 aliphatic rings. The largest absolute Gasteiger partial charge is 0.497 e. The van der Waals surface area contributed by atoms with Gasteiger partial charge in [-0.2, -0.15) is 0 Å². The van der Waals surface area contributed by atoms with E-state index < -0.39 is 5.60 Å². The average molecular weight is 389 g/mol. The summed E-state index contributed by atoms with van der Waals surface area (Å²) in [6.45, 7) is 10.6. The molecule has 0 saturated carbocycles. The van der Waals surface area contributed by atoms with Crippen LogP contribution in [0, 0.1) is 11.2 Å². The number of methoxy groups -OCH3 is 3. The van der Waals surface area contributed by atoms with E-state index in [1.807, 2.05) is 19.9 Å². The van der Waals surface area contributed by atoms with Crippen LogP contribution in [0.15, 0.2) is 36.4 Å². The lowest BCUT2D eigenvalue weighted by molar-refractivity contribution is -0.0967. The minimum Gasteiger partial charge on any atom is -0.497 e. The van der Waals surface area contributed by atoms with Crippen LogP contribution >= 0.6 is 0 Å². The van der Waals surface area contributed by atoms with E-state index in [2.05, 4.69) is 32.9 Å². The monoisotopic (exact) mass is 388 g/mol. The van der Waals surface area contributed by atoms with Gasteiger partial charge in [0.15, 0.2) is 0 Å². The Kier molecular flexibility index (Phi) is 6.89. The van der Waals surface area contributed by atoms with E-state index in [9.17, 15) is 4.39 Å². The maximum Gasteiger partial charge on any atom is 0.131 e. The lowest BCUT2D eigenvalue weighted by Crippen LogP contribution is -2.33. The summed E-state index contributed by atoms with van der Waals surface area (Å²) >= 11 is 0. The van der Waals surface area contributed by atoms with Crippen molar-refractivity contribution in [3.8, 4) is 16.9 Å². The highest BCUT2D eigenvalue weighted by molar-refractivity contribution is 5.70. The first kappa shape index (κ1) is 22.4. The van der Waals surface area contributed by atoms with Gasteiger partial charge >= 0.3 is 0 Å². The normalized spacial score (nSPS) is 13.5. The summed E-state index contributed by atoms with van der Waals surface area (Å²) in [5.74, 6) is 0.316. The van der Waals surface area contributed by atoms with E-state index in [4.69, 9.17) is 14.2 Å². The van der Waals surface area contributed by atoms with Crippen LogP contribution in [-0.2, 0) is 15.9 Å². The molecule has 0 aliphatic carbocycles. The third-order valence-electron chi connectivity index (χ3n) is 4.99. The zero-order valence-corrected chi connectivity index (χ0v) is 18.4. The second kappa shape index (κ2) is 8.62. The molecule has 0 bridgehead atoms. The van der Waals surface area contributed by atoms with Gasteiger partial charge in [-0.25, -0.2) is 4.39 Å². The molecule has 0 heterocycles. The zero-order valence-electron chi connectivity index (χ0n) is 18.4. The van der Waals surface area contributed by atoms with Crippen LogP contribution in [0.4, 0.5) is 4.39 Å². The quantitative estimate of drug-likeness (QED) is 0.565. The van der Waals surface area contributed by atoms with Gasteiger partial charge in [-0.3, -0.25) is 0 Å². The maximum atomic E-state index is 14.8. The summed E-state index contributed by atoms with van der Waals surface area (Å²) in [7, 11) is 4.90. The van der Waals surface area contributed by atoms with Crippen LogP contribution in [0.2, 0.25) is 0 Å². The molecule has 0 amide bonds.